The molecule has 1 aromatic rings. The molecule has 1 fully saturated rings. The molecule has 0 aromatic heterocycles. The predicted octanol–water partition coefficient (Wildman–Crippen LogP) is 2.97. The van der Waals surface area contributed by atoms with Crippen molar-refractivity contribution in [1.82, 2.24) is 4.90 Å². The standard InChI is InChI=1S/C17H28N2O2/c1-4-19(14-7-5-6-8-14)15(12-18)13-9-10-16(20-2)17(11-13)21-3/h9-11,14-15H,4-8,12,18H2,1-3H3. The highest BCUT2D eigenvalue weighted by Gasteiger charge is 2.28. The van der Waals surface area contributed by atoms with E-state index in [-0.39, 0.29) is 6.04 Å². The monoisotopic (exact) mass is 292 g/mol. The van der Waals surface area contributed by atoms with Crippen LogP contribution in [0.4, 0.5) is 0 Å². The quantitative estimate of drug-likeness (QED) is 0.839. The van der Waals surface area contributed by atoms with Crippen LogP contribution in [0.2, 0.25) is 0 Å². The van der Waals surface area contributed by atoms with Gasteiger partial charge in [-0.15, -0.1) is 0 Å². The van der Waals surface area contributed by atoms with Gasteiger partial charge in [0.25, 0.3) is 0 Å². The number of hydrogen-bond acceptors (Lipinski definition) is 4. The summed E-state index contributed by atoms with van der Waals surface area (Å²) in [6.07, 6.45) is 5.25. The van der Waals surface area contributed by atoms with Gasteiger partial charge in [0.05, 0.1) is 14.2 Å². The van der Waals surface area contributed by atoms with Crippen molar-refractivity contribution in [2.75, 3.05) is 27.3 Å². The molecule has 0 bridgehead atoms. The second-order valence-electron chi connectivity index (χ2n) is 5.63. The van der Waals surface area contributed by atoms with E-state index in [0.717, 1.165) is 18.0 Å². The Kier molecular flexibility index (Phi) is 5.88. The molecule has 4 heteroatoms. The number of ether oxygens (including phenoxy) is 2. The SMILES string of the molecule is CCN(C1CCCC1)C(CN)c1ccc(OC)c(OC)c1. The molecule has 0 aliphatic heterocycles. The lowest BCUT2D eigenvalue weighted by Crippen LogP contribution is -2.40. The molecule has 0 heterocycles. The fraction of sp³-hybridized carbons (Fsp3) is 0.647. The number of likely N-dealkylation sites (N-methyl/N-ethyl adjacent to an activating group) is 1. The van der Waals surface area contributed by atoms with Crippen LogP contribution in [-0.4, -0.2) is 38.3 Å². The van der Waals surface area contributed by atoms with Crippen molar-refractivity contribution in [3.63, 3.8) is 0 Å². The van der Waals surface area contributed by atoms with Crippen LogP contribution in [0.5, 0.6) is 11.5 Å². The molecule has 1 atom stereocenters. The molecule has 1 aliphatic rings. The first-order valence-electron chi connectivity index (χ1n) is 7.92. The molecule has 2 rings (SSSR count). The average molecular weight is 292 g/mol. The molecule has 1 aliphatic carbocycles. The van der Waals surface area contributed by atoms with E-state index in [1.807, 2.05) is 6.07 Å². The normalized spacial score (nSPS) is 17.2. The zero-order valence-corrected chi connectivity index (χ0v) is 13.5. The Morgan fingerprint density at radius 2 is 1.86 bits per heavy atom. The summed E-state index contributed by atoms with van der Waals surface area (Å²) in [7, 11) is 3.34. The Bertz CT molecular complexity index is 444. The van der Waals surface area contributed by atoms with Gasteiger partial charge in [-0.3, -0.25) is 4.90 Å². The van der Waals surface area contributed by atoms with E-state index in [0.29, 0.717) is 12.6 Å². The minimum atomic E-state index is 0.248. The summed E-state index contributed by atoms with van der Waals surface area (Å²) in [6, 6.07) is 7.05. The highest BCUT2D eigenvalue weighted by Crippen LogP contribution is 2.34. The van der Waals surface area contributed by atoms with Crippen LogP contribution < -0.4 is 15.2 Å². The maximum atomic E-state index is 6.10. The highest BCUT2D eigenvalue weighted by atomic mass is 16.5. The predicted molar refractivity (Wildman–Crippen MR) is 86.0 cm³/mol. The van der Waals surface area contributed by atoms with Gasteiger partial charge in [0.15, 0.2) is 11.5 Å². The summed E-state index contributed by atoms with van der Waals surface area (Å²) in [5.74, 6) is 1.54. The summed E-state index contributed by atoms with van der Waals surface area (Å²) in [5.41, 5.74) is 7.31. The topological polar surface area (TPSA) is 47.7 Å². The van der Waals surface area contributed by atoms with E-state index in [4.69, 9.17) is 15.2 Å². The number of hydrogen-bond donors (Lipinski definition) is 1. The van der Waals surface area contributed by atoms with E-state index >= 15 is 0 Å². The van der Waals surface area contributed by atoms with Crippen molar-refractivity contribution >= 4 is 0 Å². The van der Waals surface area contributed by atoms with Gasteiger partial charge in [-0.2, -0.15) is 0 Å². The first-order chi connectivity index (χ1) is 10.2. The minimum Gasteiger partial charge on any atom is -0.493 e. The molecule has 0 saturated heterocycles. The van der Waals surface area contributed by atoms with Crippen molar-refractivity contribution in [2.45, 2.75) is 44.7 Å². The lowest BCUT2D eigenvalue weighted by Gasteiger charge is -2.35. The van der Waals surface area contributed by atoms with Crippen LogP contribution in [0.15, 0.2) is 18.2 Å². The Morgan fingerprint density at radius 1 is 1.19 bits per heavy atom. The van der Waals surface area contributed by atoms with Gasteiger partial charge in [-0.25, -0.2) is 0 Å². The molecule has 0 radical (unpaired) electrons. The third-order valence-electron chi connectivity index (χ3n) is 4.57. The molecule has 118 valence electrons. The van der Waals surface area contributed by atoms with Gasteiger partial charge in [0.2, 0.25) is 0 Å². The van der Waals surface area contributed by atoms with E-state index < -0.39 is 0 Å². The average Bonchev–Trinajstić information content (AvgIpc) is 3.05. The molecular formula is C17H28N2O2. The van der Waals surface area contributed by atoms with Crippen LogP contribution >= 0.6 is 0 Å². The van der Waals surface area contributed by atoms with Gasteiger partial charge < -0.3 is 15.2 Å². The van der Waals surface area contributed by atoms with Gasteiger partial charge in [-0.1, -0.05) is 25.8 Å². The molecule has 0 spiro atoms. The van der Waals surface area contributed by atoms with Crippen molar-refractivity contribution in [1.29, 1.82) is 0 Å². The van der Waals surface area contributed by atoms with Gasteiger partial charge in [0.1, 0.15) is 0 Å². The number of nitrogens with two attached hydrogens (primary N) is 1. The Hall–Kier alpha value is -1.26. The maximum absolute atomic E-state index is 6.10. The number of rotatable bonds is 7. The van der Waals surface area contributed by atoms with Crippen molar-refractivity contribution in [3.8, 4) is 11.5 Å². The van der Waals surface area contributed by atoms with E-state index in [9.17, 15) is 0 Å². The van der Waals surface area contributed by atoms with Crippen molar-refractivity contribution in [2.24, 2.45) is 5.73 Å². The third kappa shape index (κ3) is 3.50. The van der Waals surface area contributed by atoms with Crippen LogP contribution in [-0.2, 0) is 0 Å². The minimum absolute atomic E-state index is 0.248. The first kappa shape index (κ1) is 16.1. The number of methoxy groups -OCH3 is 2. The molecule has 1 saturated carbocycles. The molecule has 1 aromatic carbocycles. The summed E-state index contributed by atoms with van der Waals surface area (Å²) < 4.78 is 10.7. The Labute approximate surface area is 128 Å². The van der Waals surface area contributed by atoms with E-state index in [2.05, 4.69) is 24.0 Å². The lowest BCUT2D eigenvalue weighted by molar-refractivity contribution is 0.147. The zero-order chi connectivity index (χ0) is 15.2. The lowest BCUT2D eigenvalue weighted by atomic mass is 10.0. The van der Waals surface area contributed by atoms with E-state index in [1.54, 1.807) is 14.2 Å². The molecule has 1 unspecified atom stereocenters. The Morgan fingerprint density at radius 3 is 2.38 bits per heavy atom. The van der Waals surface area contributed by atoms with Crippen LogP contribution in [0, 0.1) is 0 Å². The fourth-order valence-electron chi connectivity index (χ4n) is 3.49. The Balaban J connectivity index is 2.26. The van der Waals surface area contributed by atoms with Crippen LogP contribution in [0.3, 0.4) is 0 Å². The largest absolute Gasteiger partial charge is 0.493 e. The smallest absolute Gasteiger partial charge is 0.161 e. The number of benzene rings is 1. The van der Waals surface area contributed by atoms with Crippen molar-refractivity contribution < 1.29 is 9.47 Å². The molecule has 21 heavy (non-hydrogen) atoms. The zero-order valence-electron chi connectivity index (χ0n) is 13.5. The fourth-order valence-corrected chi connectivity index (χ4v) is 3.49. The van der Waals surface area contributed by atoms with E-state index in [1.165, 1.54) is 31.2 Å². The third-order valence-corrected chi connectivity index (χ3v) is 4.57. The summed E-state index contributed by atoms with van der Waals surface area (Å²) in [5, 5.41) is 0. The second kappa shape index (κ2) is 7.66. The maximum Gasteiger partial charge on any atom is 0.161 e. The van der Waals surface area contributed by atoms with Crippen molar-refractivity contribution in [3.05, 3.63) is 23.8 Å². The molecule has 4 nitrogen and oxygen atoms in total. The summed E-state index contributed by atoms with van der Waals surface area (Å²) in [6.45, 7) is 3.88. The molecule has 0 amide bonds. The van der Waals surface area contributed by atoms with Gasteiger partial charge >= 0.3 is 0 Å². The number of nitrogens with zero attached hydrogens (tertiary/aromatic N) is 1. The van der Waals surface area contributed by atoms with Crippen LogP contribution in [0.1, 0.15) is 44.2 Å². The molecular weight excluding hydrogens is 264 g/mol. The second-order valence-corrected chi connectivity index (χ2v) is 5.63. The van der Waals surface area contributed by atoms with Gasteiger partial charge in [0, 0.05) is 18.6 Å². The summed E-state index contributed by atoms with van der Waals surface area (Å²) in [4.78, 5) is 2.55. The van der Waals surface area contributed by atoms with Gasteiger partial charge in [-0.05, 0) is 37.1 Å². The highest BCUT2D eigenvalue weighted by molar-refractivity contribution is 5.44. The summed E-state index contributed by atoms with van der Waals surface area (Å²) >= 11 is 0. The first-order valence-corrected chi connectivity index (χ1v) is 7.92. The van der Waals surface area contributed by atoms with Crippen LogP contribution in [0.25, 0.3) is 0 Å². The molecule has 2 N–H and O–H groups in total.